The summed E-state index contributed by atoms with van der Waals surface area (Å²) in [7, 11) is 0. The molecule has 1 aliphatic heterocycles. The fourth-order valence-corrected chi connectivity index (χ4v) is 4.65. The SMILES string of the molecule is CCOc1cc(C2c3c(oc4ccc(Cl)cc4c3=O)C(=O)N2Cc2ccccc2Cl)ccc1O. The van der Waals surface area contributed by atoms with E-state index in [1.807, 2.05) is 12.1 Å². The van der Waals surface area contributed by atoms with Crippen LogP contribution < -0.4 is 10.2 Å². The molecule has 0 saturated carbocycles. The second-order valence-corrected chi connectivity index (χ2v) is 8.75. The number of amides is 1. The van der Waals surface area contributed by atoms with Crippen LogP contribution in [0.2, 0.25) is 10.0 Å². The van der Waals surface area contributed by atoms with Crippen LogP contribution in [0.3, 0.4) is 0 Å². The molecule has 0 aliphatic carbocycles. The van der Waals surface area contributed by atoms with E-state index in [0.29, 0.717) is 22.2 Å². The average Bonchev–Trinajstić information content (AvgIpc) is 3.09. The summed E-state index contributed by atoms with van der Waals surface area (Å²) in [5.41, 5.74) is 1.46. The highest BCUT2D eigenvalue weighted by Gasteiger charge is 2.43. The van der Waals surface area contributed by atoms with E-state index in [9.17, 15) is 14.7 Å². The Morgan fingerprint density at radius 3 is 2.62 bits per heavy atom. The largest absolute Gasteiger partial charge is 0.504 e. The number of rotatable bonds is 5. The highest BCUT2D eigenvalue weighted by Crippen LogP contribution is 2.42. The summed E-state index contributed by atoms with van der Waals surface area (Å²) in [5.74, 6) is -0.236. The summed E-state index contributed by atoms with van der Waals surface area (Å²) in [6.07, 6.45) is 0. The molecule has 0 fully saturated rings. The molecule has 0 radical (unpaired) electrons. The number of benzene rings is 3. The quantitative estimate of drug-likeness (QED) is 0.370. The second kappa shape index (κ2) is 8.70. The van der Waals surface area contributed by atoms with Gasteiger partial charge in [-0.2, -0.15) is 0 Å². The third-order valence-corrected chi connectivity index (χ3v) is 6.43. The van der Waals surface area contributed by atoms with E-state index in [1.165, 1.54) is 12.1 Å². The van der Waals surface area contributed by atoms with Crippen molar-refractivity contribution in [2.24, 2.45) is 0 Å². The van der Waals surface area contributed by atoms with Gasteiger partial charge in [-0.1, -0.05) is 47.5 Å². The molecule has 34 heavy (non-hydrogen) atoms. The fraction of sp³-hybridized carbons (Fsp3) is 0.154. The molecule has 1 atom stereocenters. The predicted octanol–water partition coefficient (Wildman–Crippen LogP) is 5.95. The summed E-state index contributed by atoms with van der Waals surface area (Å²) < 4.78 is 11.5. The Balaban J connectivity index is 1.74. The van der Waals surface area contributed by atoms with Crippen LogP contribution in [0.15, 0.2) is 69.9 Å². The summed E-state index contributed by atoms with van der Waals surface area (Å²) in [6, 6.07) is 15.9. The number of hydrogen-bond acceptors (Lipinski definition) is 5. The Bertz CT molecular complexity index is 1500. The summed E-state index contributed by atoms with van der Waals surface area (Å²) in [6.45, 7) is 2.29. The molecule has 4 aromatic rings. The maximum Gasteiger partial charge on any atom is 0.291 e. The van der Waals surface area contributed by atoms with Crippen LogP contribution >= 0.6 is 23.2 Å². The zero-order chi connectivity index (χ0) is 24.0. The minimum absolute atomic E-state index is 0.0251. The molecule has 3 aromatic carbocycles. The Labute approximate surface area is 204 Å². The lowest BCUT2D eigenvalue weighted by molar-refractivity contribution is 0.0714. The van der Waals surface area contributed by atoms with Gasteiger partial charge >= 0.3 is 0 Å². The second-order valence-electron chi connectivity index (χ2n) is 7.90. The van der Waals surface area contributed by atoms with Crippen molar-refractivity contribution < 1.29 is 19.1 Å². The number of halogens is 2. The molecule has 0 bridgehead atoms. The van der Waals surface area contributed by atoms with Crippen molar-refractivity contribution in [1.82, 2.24) is 4.90 Å². The molecule has 6 nitrogen and oxygen atoms in total. The number of phenolic OH excluding ortho intramolecular Hbond substituents is 1. The number of nitrogens with zero attached hydrogens (tertiary/aromatic N) is 1. The van der Waals surface area contributed by atoms with Crippen LogP contribution in [0.4, 0.5) is 0 Å². The normalized spacial score (nSPS) is 15.1. The van der Waals surface area contributed by atoms with Crippen LogP contribution in [0.25, 0.3) is 11.0 Å². The number of fused-ring (bicyclic) bond motifs is 2. The minimum Gasteiger partial charge on any atom is -0.504 e. The molecule has 0 spiro atoms. The number of phenols is 1. The van der Waals surface area contributed by atoms with Gasteiger partial charge in [-0.15, -0.1) is 0 Å². The van der Waals surface area contributed by atoms with Crippen LogP contribution in [0.1, 0.15) is 40.2 Å². The van der Waals surface area contributed by atoms with Crippen molar-refractivity contribution in [3.8, 4) is 11.5 Å². The van der Waals surface area contributed by atoms with Gasteiger partial charge in [0.05, 0.1) is 23.6 Å². The van der Waals surface area contributed by atoms with Gasteiger partial charge in [0.25, 0.3) is 5.91 Å². The van der Waals surface area contributed by atoms with E-state index in [-0.39, 0.29) is 45.8 Å². The Kier molecular flexibility index (Phi) is 5.71. The minimum atomic E-state index is -0.779. The fourth-order valence-electron chi connectivity index (χ4n) is 4.28. The van der Waals surface area contributed by atoms with E-state index < -0.39 is 11.9 Å². The molecule has 8 heteroatoms. The van der Waals surface area contributed by atoms with E-state index in [2.05, 4.69) is 0 Å². The topological polar surface area (TPSA) is 80.0 Å². The molecule has 1 aliphatic rings. The number of ether oxygens (including phenoxy) is 1. The first-order chi connectivity index (χ1) is 16.4. The maximum absolute atomic E-state index is 13.6. The molecule has 2 heterocycles. The maximum atomic E-state index is 13.6. The molecule has 1 amide bonds. The molecular formula is C26H19Cl2NO5. The molecule has 1 N–H and O–H groups in total. The van der Waals surface area contributed by atoms with Gasteiger partial charge in [-0.25, -0.2) is 0 Å². The number of aromatic hydroxyl groups is 1. The van der Waals surface area contributed by atoms with Crippen LogP contribution in [-0.4, -0.2) is 22.5 Å². The summed E-state index contributed by atoms with van der Waals surface area (Å²) in [5, 5.41) is 11.4. The average molecular weight is 496 g/mol. The van der Waals surface area contributed by atoms with Crippen molar-refractivity contribution in [2.45, 2.75) is 19.5 Å². The van der Waals surface area contributed by atoms with Crippen LogP contribution in [0.5, 0.6) is 11.5 Å². The Morgan fingerprint density at radius 2 is 1.85 bits per heavy atom. The number of carbonyl (C=O) groups is 1. The van der Waals surface area contributed by atoms with Gasteiger partial charge in [0, 0.05) is 16.6 Å². The Hall–Kier alpha value is -3.48. The van der Waals surface area contributed by atoms with Crippen LogP contribution in [-0.2, 0) is 6.54 Å². The lowest BCUT2D eigenvalue weighted by Gasteiger charge is -2.26. The van der Waals surface area contributed by atoms with Gasteiger partial charge in [0.15, 0.2) is 16.9 Å². The summed E-state index contributed by atoms with van der Waals surface area (Å²) in [4.78, 5) is 28.8. The van der Waals surface area contributed by atoms with E-state index in [1.54, 1.807) is 48.2 Å². The van der Waals surface area contributed by atoms with Crippen molar-refractivity contribution in [2.75, 3.05) is 6.61 Å². The van der Waals surface area contributed by atoms with Crippen LogP contribution in [0, 0.1) is 0 Å². The van der Waals surface area contributed by atoms with Crippen molar-refractivity contribution in [1.29, 1.82) is 0 Å². The van der Waals surface area contributed by atoms with E-state index in [0.717, 1.165) is 5.56 Å². The van der Waals surface area contributed by atoms with E-state index in [4.69, 9.17) is 32.4 Å². The third kappa shape index (κ3) is 3.69. The molecule has 0 saturated heterocycles. The van der Waals surface area contributed by atoms with Crippen molar-refractivity contribution in [3.05, 3.63) is 103 Å². The zero-order valence-corrected chi connectivity index (χ0v) is 19.6. The molecule has 1 unspecified atom stereocenters. The van der Waals surface area contributed by atoms with E-state index >= 15 is 0 Å². The Morgan fingerprint density at radius 1 is 1.06 bits per heavy atom. The van der Waals surface area contributed by atoms with Crippen molar-refractivity contribution in [3.63, 3.8) is 0 Å². The third-order valence-electron chi connectivity index (χ3n) is 5.83. The molecule has 172 valence electrons. The lowest BCUT2D eigenvalue weighted by Crippen LogP contribution is -2.29. The van der Waals surface area contributed by atoms with Gasteiger partial charge < -0.3 is 19.2 Å². The zero-order valence-electron chi connectivity index (χ0n) is 18.0. The van der Waals surface area contributed by atoms with Gasteiger partial charge in [0.1, 0.15) is 5.58 Å². The standard InChI is InChI=1S/C26H19Cl2NO5/c1-2-33-21-11-14(7-9-19(21)30)23-22-24(31)17-12-16(27)8-10-20(17)34-25(22)26(32)29(23)13-15-5-3-4-6-18(15)28/h3-12,23,30H,2,13H2,1H3. The lowest BCUT2D eigenvalue weighted by atomic mass is 9.97. The number of hydrogen-bond donors (Lipinski definition) is 1. The van der Waals surface area contributed by atoms with Gasteiger partial charge in [-0.3, -0.25) is 9.59 Å². The molecule has 1 aromatic heterocycles. The first-order valence-electron chi connectivity index (χ1n) is 10.7. The first-order valence-corrected chi connectivity index (χ1v) is 11.4. The molecular weight excluding hydrogens is 477 g/mol. The monoisotopic (exact) mass is 495 g/mol. The molecule has 5 rings (SSSR count). The summed E-state index contributed by atoms with van der Waals surface area (Å²) >= 11 is 12.5. The smallest absolute Gasteiger partial charge is 0.291 e. The highest BCUT2D eigenvalue weighted by molar-refractivity contribution is 6.31. The highest BCUT2D eigenvalue weighted by atomic mass is 35.5. The first kappa shape index (κ1) is 22.3. The van der Waals surface area contributed by atoms with Gasteiger partial charge in [0.2, 0.25) is 5.76 Å². The van der Waals surface area contributed by atoms with Crippen molar-refractivity contribution >= 4 is 40.1 Å². The predicted molar refractivity (Wildman–Crippen MR) is 130 cm³/mol. The number of carbonyl (C=O) groups excluding carboxylic acids is 1. The van der Waals surface area contributed by atoms with Gasteiger partial charge in [-0.05, 0) is 54.4 Å².